The van der Waals surface area contributed by atoms with Gasteiger partial charge in [0.15, 0.2) is 0 Å². The smallest absolute Gasteiger partial charge is 0.0241 e. The molecule has 1 rings (SSSR count). The SMILES string of the molecule is C[C]1CCC(C)CC(C)C1C. The summed E-state index contributed by atoms with van der Waals surface area (Å²) in [5.74, 6) is 4.44. The lowest BCUT2D eigenvalue weighted by Gasteiger charge is -2.21. The third-order valence-corrected chi connectivity index (χ3v) is 3.44. The Morgan fingerprint density at radius 3 is 2.45 bits per heavy atom. The lowest BCUT2D eigenvalue weighted by Crippen LogP contribution is -2.12. The van der Waals surface area contributed by atoms with E-state index in [1.165, 1.54) is 19.3 Å². The van der Waals surface area contributed by atoms with Crippen LogP contribution in [-0.4, -0.2) is 0 Å². The summed E-state index contributed by atoms with van der Waals surface area (Å²) in [7, 11) is 0. The summed E-state index contributed by atoms with van der Waals surface area (Å²) in [6.07, 6.45) is 4.21. The lowest BCUT2D eigenvalue weighted by atomic mass is 9.84. The molecule has 1 aliphatic rings. The van der Waals surface area contributed by atoms with Gasteiger partial charge < -0.3 is 0 Å². The van der Waals surface area contributed by atoms with Gasteiger partial charge in [0.25, 0.3) is 0 Å². The topological polar surface area (TPSA) is 0 Å². The normalized spacial score (nSPS) is 42.0. The highest BCUT2D eigenvalue weighted by molar-refractivity contribution is 4.94. The maximum atomic E-state index is 2.40. The van der Waals surface area contributed by atoms with Crippen LogP contribution in [-0.2, 0) is 0 Å². The molecule has 0 N–H and O–H groups in total. The Kier molecular flexibility index (Phi) is 2.98. The zero-order valence-corrected chi connectivity index (χ0v) is 8.35. The molecule has 0 saturated heterocycles. The van der Waals surface area contributed by atoms with E-state index in [0.29, 0.717) is 0 Å². The number of hydrogen-bond acceptors (Lipinski definition) is 0. The maximum absolute atomic E-state index is 2.40. The molecule has 3 unspecified atom stereocenters. The van der Waals surface area contributed by atoms with Gasteiger partial charge in [0.2, 0.25) is 0 Å². The summed E-state index contributed by atoms with van der Waals surface area (Å²) < 4.78 is 0. The summed E-state index contributed by atoms with van der Waals surface area (Å²) >= 11 is 0. The molecule has 0 amide bonds. The first-order chi connectivity index (χ1) is 5.11. The van der Waals surface area contributed by atoms with Crippen LogP contribution < -0.4 is 0 Å². The van der Waals surface area contributed by atoms with Crippen LogP contribution >= 0.6 is 0 Å². The molecule has 3 atom stereocenters. The van der Waals surface area contributed by atoms with Gasteiger partial charge in [-0.1, -0.05) is 34.1 Å². The fraction of sp³-hybridized carbons (Fsp3) is 0.909. The summed E-state index contributed by atoms with van der Waals surface area (Å²) in [5.41, 5.74) is 0. The van der Waals surface area contributed by atoms with Crippen LogP contribution in [0.4, 0.5) is 0 Å². The molecule has 0 aromatic heterocycles. The van der Waals surface area contributed by atoms with Gasteiger partial charge in [-0.3, -0.25) is 0 Å². The Morgan fingerprint density at radius 1 is 1.18 bits per heavy atom. The van der Waals surface area contributed by atoms with Crippen molar-refractivity contribution >= 4 is 0 Å². The quantitative estimate of drug-likeness (QED) is 0.466. The second kappa shape index (κ2) is 3.60. The Hall–Kier alpha value is 0. The van der Waals surface area contributed by atoms with Crippen molar-refractivity contribution in [3.63, 3.8) is 0 Å². The van der Waals surface area contributed by atoms with Crippen LogP contribution in [0.5, 0.6) is 0 Å². The van der Waals surface area contributed by atoms with Gasteiger partial charge in [0.05, 0.1) is 0 Å². The van der Waals surface area contributed by atoms with Crippen molar-refractivity contribution in [1.82, 2.24) is 0 Å². The summed E-state index contributed by atoms with van der Waals surface area (Å²) in [6.45, 7) is 9.51. The van der Waals surface area contributed by atoms with E-state index in [0.717, 1.165) is 17.8 Å². The fourth-order valence-electron chi connectivity index (χ4n) is 2.14. The average molecular weight is 153 g/mol. The monoisotopic (exact) mass is 153 g/mol. The zero-order chi connectivity index (χ0) is 8.43. The molecule has 1 saturated carbocycles. The van der Waals surface area contributed by atoms with Gasteiger partial charge in [-0.15, -0.1) is 0 Å². The molecule has 0 aromatic rings. The van der Waals surface area contributed by atoms with E-state index >= 15 is 0 Å². The Morgan fingerprint density at radius 2 is 1.82 bits per heavy atom. The van der Waals surface area contributed by atoms with Crippen LogP contribution in [0.2, 0.25) is 0 Å². The first-order valence-corrected chi connectivity index (χ1v) is 4.93. The van der Waals surface area contributed by atoms with Crippen molar-refractivity contribution in [2.45, 2.75) is 47.0 Å². The molecule has 0 bridgehead atoms. The van der Waals surface area contributed by atoms with Crippen LogP contribution in [0.1, 0.15) is 47.0 Å². The highest BCUT2D eigenvalue weighted by atomic mass is 14.3. The molecule has 1 fully saturated rings. The standard InChI is InChI=1S/C11H21/c1-8-5-6-9(2)11(4)10(3)7-8/h8,10-11H,5-7H2,1-4H3. The van der Waals surface area contributed by atoms with Gasteiger partial charge in [0, 0.05) is 0 Å². The van der Waals surface area contributed by atoms with E-state index in [1.807, 2.05) is 0 Å². The summed E-state index contributed by atoms with van der Waals surface area (Å²) in [4.78, 5) is 0. The minimum atomic E-state index is 0.861. The summed E-state index contributed by atoms with van der Waals surface area (Å²) in [6, 6.07) is 0. The molecular formula is C11H21. The van der Waals surface area contributed by atoms with E-state index in [4.69, 9.17) is 0 Å². The molecule has 0 heteroatoms. The lowest BCUT2D eigenvalue weighted by molar-refractivity contribution is 0.355. The minimum Gasteiger partial charge on any atom is -0.0625 e. The molecule has 0 nitrogen and oxygen atoms in total. The van der Waals surface area contributed by atoms with Crippen LogP contribution in [0.3, 0.4) is 0 Å². The van der Waals surface area contributed by atoms with Gasteiger partial charge in [-0.05, 0) is 36.5 Å². The largest absolute Gasteiger partial charge is 0.0625 e. The Balaban J connectivity index is 2.53. The highest BCUT2D eigenvalue weighted by Gasteiger charge is 2.25. The molecule has 0 aromatic carbocycles. The van der Waals surface area contributed by atoms with Gasteiger partial charge in [-0.2, -0.15) is 0 Å². The molecule has 0 spiro atoms. The van der Waals surface area contributed by atoms with E-state index in [9.17, 15) is 0 Å². The molecule has 0 aliphatic heterocycles. The number of hydrogen-bond donors (Lipinski definition) is 0. The Bertz CT molecular complexity index is 117. The first-order valence-electron chi connectivity index (χ1n) is 4.93. The molecule has 1 aliphatic carbocycles. The third kappa shape index (κ3) is 2.21. The van der Waals surface area contributed by atoms with Gasteiger partial charge in [-0.25, -0.2) is 0 Å². The van der Waals surface area contributed by atoms with Crippen LogP contribution in [0.15, 0.2) is 0 Å². The van der Waals surface area contributed by atoms with Crippen molar-refractivity contribution in [2.24, 2.45) is 17.8 Å². The number of rotatable bonds is 0. The van der Waals surface area contributed by atoms with Crippen molar-refractivity contribution in [1.29, 1.82) is 0 Å². The second-order valence-corrected chi connectivity index (χ2v) is 4.49. The fourth-order valence-corrected chi connectivity index (χ4v) is 2.14. The predicted octanol–water partition coefficient (Wildman–Crippen LogP) is 3.67. The maximum Gasteiger partial charge on any atom is -0.0241 e. The van der Waals surface area contributed by atoms with Crippen molar-refractivity contribution in [3.05, 3.63) is 5.92 Å². The molecule has 65 valence electrons. The molecule has 1 radical (unpaired) electrons. The molecule has 11 heavy (non-hydrogen) atoms. The van der Waals surface area contributed by atoms with Crippen molar-refractivity contribution in [3.8, 4) is 0 Å². The highest BCUT2D eigenvalue weighted by Crippen LogP contribution is 2.36. The van der Waals surface area contributed by atoms with Crippen LogP contribution in [0, 0.1) is 23.7 Å². The predicted molar refractivity (Wildman–Crippen MR) is 50.3 cm³/mol. The first kappa shape index (κ1) is 9.09. The Labute approximate surface area is 71.4 Å². The minimum absolute atomic E-state index is 0.861. The molecule has 0 heterocycles. The van der Waals surface area contributed by atoms with E-state index in [2.05, 4.69) is 27.7 Å². The van der Waals surface area contributed by atoms with Gasteiger partial charge in [0.1, 0.15) is 0 Å². The third-order valence-electron chi connectivity index (χ3n) is 3.44. The summed E-state index contributed by atoms with van der Waals surface area (Å²) in [5, 5.41) is 0. The van der Waals surface area contributed by atoms with E-state index in [-0.39, 0.29) is 0 Å². The van der Waals surface area contributed by atoms with Crippen molar-refractivity contribution < 1.29 is 0 Å². The van der Waals surface area contributed by atoms with Gasteiger partial charge >= 0.3 is 0 Å². The van der Waals surface area contributed by atoms with E-state index in [1.54, 1.807) is 5.92 Å². The van der Waals surface area contributed by atoms with Crippen LogP contribution in [0.25, 0.3) is 0 Å². The van der Waals surface area contributed by atoms with Crippen molar-refractivity contribution in [2.75, 3.05) is 0 Å². The average Bonchev–Trinajstić information content (AvgIpc) is 2.05. The molecular weight excluding hydrogens is 132 g/mol. The zero-order valence-electron chi connectivity index (χ0n) is 8.35. The van der Waals surface area contributed by atoms with E-state index < -0.39 is 0 Å². The second-order valence-electron chi connectivity index (χ2n) is 4.49.